The number of nitrogens with zero attached hydrogens (tertiary/aromatic N) is 2. The van der Waals surface area contributed by atoms with Crippen molar-refractivity contribution < 1.29 is 26.2 Å². The van der Waals surface area contributed by atoms with E-state index in [0.717, 1.165) is 32.7 Å². The van der Waals surface area contributed by atoms with E-state index in [1.807, 2.05) is 126 Å². The monoisotopic (exact) mass is 645 g/mol. The van der Waals surface area contributed by atoms with Gasteiger partial charge in [-0.15, -0.1) is 4.49 Å². The van der Waals surface area contributed by atoms with E-state index < -0.39 is 46.0 Å². The molecule has 5 rings (SSSR count). The van der Waals surface area contributed by atoms with Gasteiger partial charge in [0.1, 0.15) is 0 Å². The van der Waals surface area contributed by atoms with Crippen LogP contribution >= 0.6 is 7.59 Å². The Balaban J connectivity index is 1.78. The lowest BCUT2D eigenvalue weighted by atomic mass is 9.80. The number of benzene rings is 4. The lowest BCUT2D eigenvalue weighted by Gasteiger charge is -2.45. The van der Waals surface area contributed by atoms with Gasteiger partial charge in [-0.1, -0.05) is 126 Å². The lowest BCUT2D eigenvalue weighted by molar-refractivity contribution is -0.0442. The summed E-state index contributed by atoms with van der Waals surface area (Å²) in [5.74, 6) is 0. The molecular weight excluding hydrogens is 606 g/mol. The highest BCUT2D eigenvalue weighted by Crippen LogP contribution is 2.66. The summed E-state index contributed by atoms with van der Waals surface area (Å²) >= 11 is 0. The van der Waals surface area contributed by atoms with Crippen molar-refractivity contribution in [2.75, 3.05) is 13.1 Å². The Kier molecular flexibility index (Phi) is 8.34. The normalized spacial score (nSPS) is 18.6. The van der Waals surface area contributed by atoms with Crippen LogP contribution in [0.4, 0.5) is 13.2 Å². The molecule has 1 aliphatic heterocycles. The molecule has 11 heteroatoms. The van der Waals surface area contributed by atoms with Crippen LogP contribution in [-0.4, -0.2) is 36.4 Å². The average molecular weight is 646 g/mol. The van der Waals surface area contributed by atoms with Gasteiger partial charge in [0.05, 0.1) is 0 Å². The predicted molar refractivity (Wildman–Crippen MR) is 171 cm³/mol. The molecule has 0 unspecified atom stereocenters. The van der Waals surface area contributed by atoms with Crippen molar-refractivity contribution in [1.29, 1.82) is 0 Å². The van der Waals surface area contributed by atoms with Gasteiger partial charge in [-0.25, -0.2) is 17.8 Å². The van der Waals surface area contributed by atoms with Crippen LogP contribution in [0.3, 0.4) is 0 Å². The van der Waals surface area contributed by atoms with Crippen molar-refractivity contribution in [3.8, 4) is 0 Å². The second-order valence-corrected chi connectivity index (χ2v) is 17.9. The van der Waals surface area contributed by atoms with E-state index in [1.54, 1.807) is 4.49 Å². The number of nitrogens with one attached hydrogen (secondary N) is 1. The molecule has 1 aliphatic rings. The molecule has 6 nitrogen and oxygen atoms in total. The Hall–Kier alpha value is -2.75. The molecule has 0 spiro atoms. The highest BCUT2D eigenvalue weighted by atomic mass is 32.2. The number of halogens is 3. The van der Waals surface area contributed by atoms with Gasteiger partial charge in [0.2, 0.25) is 0 Å². The Labute approximate surface area is 257 Å². The summed E-state index contributed by atoms with van der Waals surface area (Å²) in [5.41, 5.74) is -5.44. The fraction of sp³-hybridized carbons (Fsp3) is 0.394. The van der Waals surface area contributed by atoms with Crippen LogP contribution in [0.15, 0.2) is 84.9 Å². The zero-order chi connectivity index (χ0) is 32.3. The third-order valence-electron chi connectivity index (χ3n) is 8.27. The van der Waals surface area contributed by atoms with E-state index >= 15 is 4.57 Å². The zero-order valence-corrected chi connectivity index (χ0v) is 27.5. The number of alkyl halides is 3. The molecule has 4 aromatic rings. The first-order valence-electron chi connectivity index (χ1n) is 14.6. The fourth-order valence-electron chi connectivity index (χ4n) is 6.63. The molecule has 1 N–H and O–H groups in total. The van der Waals surface area contributed by atoms with Crippen LogP contribution in [0.1, 0.15) is 64.8 Å². The van der Waals surface area contributed by atoms with Crippen molar-refractivity contribution in [3.05, 3.63) is 96.1 Å². The minimum absolute atomic E-state index is 0.0835. The van der Waals surface area contributed by atoms with Crippen LogP contribution in [0.5, 0.6) is 0 Å². The maximum absolute atomic E-state index is 15.6. The van der Waals surface area contributed by atoms with Crippen molar-refractivity contribution in [1.82, 2.24) is 13.8 Å². The number of fused-ring (bicyclic) bond motifs is 2. The summed E-state index contributed by atoms with van der Waals surface area (Å²) in [6, 6.07) is 25.3. The second-order valence-electron chi connectivity index (χ2n) is 13.6. The van der Waals surface area contributed by atoms with E-state index in [2.05, 4.69) is 0 Å². The first kappa shape index (κ1) is 32.6. The van der Waals surface area contributed by atoms with Gasteiger partial charge in [-0.3, -0.25) is 4.57 Å². The molecule has 236 valence electrons. The molecule has 44 heavy (non-hydrogen) atoms. The molecule has 0 bridgehead atoms. The van der Waals surface area contributed by atoms with Crippen molar-refractivity contribution in [3.63, 3.8) is 0 Å². The van der Waals surface area contributed by atoms with E-state index in [0.29, 0.717) is 0 Å². The lowest BCUT2D eigenvalue weighted by Crippen LogP contribution is -2.45. The number of hydrogen-bond donors (Lipinski definition) is 1. The smallest absolute Gasteiger partial charge is 0.269 e. The molecule has 2 atom stereocenters. The van der Waals surface area contributed by atoms with Crippen molar-refractivity contribution >= 4 is 39.2 Å². The average Bonchev–Trinajstić information content (AvgIpc) is 3.21. The van der Waals surface area contributed by atoms with E-state index in [-0.39, 0.29) is 13.1 Å². The standard InChI is InChI=1S/C33H39F3N3O3PS/c1-31(2,3)29(27-19-11-15-23-13-7-9-17-25(23)27)38-21-22-39(43(38,40)37-44(41,42)33(34,35)36)30(32(4,5)6)28-20-12-16-24-14-8-10-18-26(24)28/h7-20,29-30H,21-22H2,1-6H3,(H,37,40)/t29-,30-/m1/s1. The summed E-state index contributed by atoms with van der Waals surface area (Å²) in [7, 11) is -10.7. The third kappa shape index (κ3) is 5.83. The number of rotatable bonds is 6. The van der Waals surface area contributed by atoms with Gasteiger partial charge in [-0.05, 0) is 43.5 Å². The first-order chi connectivity index (χ1) is 20.4. The largest absolute Gasteiger partial charge is 0.511 e. The van der Waals surface area contributed by atoms with E-state index in [9.17, 15) is 21.6 Å². The highest BCUT2D eigenvalue weighted by molar-refractivity contribution is 7.96. The number of sulfonamides is 1. The Bertz CT molecular complexity index is 1730. The van der Waals surface area contributed by atoms with Crippen LogP contribution < -0.4 is 4.49 Å². The summed E-state index contributed by atoms with van der Waals surface area (Å²) in [4.78, 5) is 0. The molecule has 0 radical (unpaired) electrons. The second kappa shape index (κ2) is 11.2. The van der Waals surface area contributed by atoms with Crippen LogP contribution in [0.2, 0.25) is 0 Å². The molecular formula is C33H39F3N3O3PS. The van der Waals surface area contributed by atoms with Gasteiger partial charge < -0.3 is 0 Å². The first-order valence-corrected chi connectivity index (χ1v) is 17.7. The fourth-order valence-corrected chi connectivity index (χ4v) is 11.7. The third-order valence-corrected chi connectivity index (χ3v) is 13.0. The van der Waals surface area contributed by atoms with Gasteiger partial charge >= 0.3 is 15.5 Å². The summed E-state index contributed by atoms with van der Waals surface area (Å²) in [6.07, 6.45) is 0. The molecule has 1 fully saturated rings. The summed E-state index contributed by atoms with van der Waals surface area (Å²) in [5, 5.41) is 3.56. The van der Waals surface area contributed by atoms with Crippen molar-refractivity contribution in [2.24, 2.45) is 10.8 Å². The highest BCUT2D eigenvalue weighted by Gasteiger charge is 2.59. The molecule has 1 heterocycles. The maximum Gasteiger partial charge on any atom is 0.511 e. The zero-order valence-electron chi connectivity index (χ0n) is 25.8. The number of hydrogen-bond acceptors (Lipinski definition) is 3. The van der Waals surface area contributed by atoms with Crippen molar-refractivity contribution in [2.45, 2.75) is 59.1 Å². The molecule has 0 aromatic heterocycles. The SMILES string of the molecule is CC(C)(C)[C@@H](c1cccc2ccccc12)N1CCN([C@H](c2cccc3ccccc23)C(C)(C)C)P1(=O)NS(=O)(=O)C(F)(F)F. The maximum atomic E-state index is 15.6. The van der Waals surface area contributed by atoms with Gasteiger partial charge in [0, 0.05) is 25.2 Å². The summed E-state index contributed by atoms with van der Waals surface area (Å²) in [6.45, 7) is 11.7. The quantitative estimate of drug-likeness (QED) is 0.212. The van der Waals surface area contributed by atoms with Gasteiger partial charge in [-0.2, -0.15) is 13.2 Å². The van der Waals surface area contributed by atoms with Crippen LogP contribution in [-0.2, 0) is 14.6 Å². The minimum Gasteiger partial charge on any atom is -0.269 e. The molecule has 0 aliphatic carbocycles. The van der Waals surface area contributed by atoms with E-state index in [1.165, 1.54) is 9.34 Å². The Morgan fingerprint density at radius 3 is 1.39 bits per heavy atom. The molecule has 1 saturated heterocycles. The summed E-state index contributed by atoms with van der Waals surface area (Å²) < 4.78 is 88.2. The minimum atomic E-state index is -6.01. The Morgan fingerprint density at radius 1 is 0.659 bits per heavy atom. The topological polar surface area (TPSA) is 69.7 Å². The van der Waals surface area contributed by atoms with E-state index in [4.69, 9.17) is 0 Å². The van der Waals surface area contributed by atoms with Gasteiger partial charge in [0.15, 0.2) is 0 Å². The molecule has 0 saturated carbocycles. The predicted octanol–water partition coefficient (Wildman–Crippen LogP) is 9.03. The van der Waals surface area contributed by atoms with Crippen LogP contribution in [0.25, 0.3) is 21.5 Å². The Morgan fingerprint density at radius 2 is 1.02 bits per heavy atom. The van der Waals surface area contributed by atoms with Crippen LogP contribution in [0, 0.1) is 10.8 Å². The molecule has 4 aromatic carbocycles. The van der Waals surface area contributed by atoms with Gasteiger partial charge in [0.25, 0.3) is 7.59 Å². The molecule has 0 amide bonds.